The first-order valence-corrected chi connectivity index (χ1v) is 9.03. The number of benzene rings is 1. The fraction of sp³-hybridized carbons (Fsp3) is 0.273. The van der Waals surface area contributed by atoms with Gasteiger partial charge >= 0.3 is 0 Å². The second-order valence-corrected chi connectivity index (χ2v) is 6.64. The summed E-state index contributed by atoms with van der Waals surface area (Å²) < 4.78 is 8.98. The number of carbonyl (C=O) groups excluding carboxylic acids is 1. The van der Waals surface area contributed by atoms with Crippen LogP contribution in [-0.4, -0.2) is 21.5 Å². The van der Waals surface area contributed by atoms with E-state index in [1.165, 1.54) is 10.6 Å². The lowest BCUT2D eigenvalue weighted by Gasteiger charge is -2.11. The summed E-state index contributed by atoms with van der Waals surface area (Å²) >= 11 is 0. The summed E-state index contributed by atoms with van der Waals surface area (Å²) in [4.78, 5) is 24.9. The quantitative estimate of drug-likeness (QED) is 0.625. The molecule has 27 heavy (non-hydrogen) atoms. The minimum absolute atomic E-state index is 0.0344. The lowest BCUT2D eigenvalue weighted by atomic mass is 10.1. The molecule has 140 valence electrons. The molecule has 0 aliphatic heterocycles. The maximum Gasteiger partial charge on any atom is 0.251 e. The molecule has 0 saturated heterocycles. The van der Waals surface area contributed by atoms with Crippen molar-refractivity contribution < 1.29 is 9.53 Å². The Morgan fingerprint density at radius 2 is 1.74 bits per heavy atom. The Labute approximate surface area is 158 Å². The number of Topliss-reactive ketones (excluding diaryl/α,β-unsaturated/α-hetero) is 1. The third-order valence-corrected chi connectivity index (χ3v) is 4.60. The van der Waals surface area contributed by atoms with E-state index >= 15 is 0 Å². The number of nitrogens with zero attached hydrogens (tertiary/aromatic N) is 2. The van der Waals surface area contributed by atoms with E-state index < -0.39 is 0 Å². The average molecular weight is 364 g/mol. The molecule has 0 unspecified atom stereocenters. The Morgan fingerprint density at radius 1 is 1.04 bits per heavy atom. The summed E-state index contributed by atoms with van der Waals surface area (Å²) in [6.45, 7) is 8.36. The van der Waals surface area contributed by atoms with Crippen molar-refractivity contribution in [2.45, 2.75) is 34.2 Å². The van der Waals surface area contributed by atoms with Gasteiger partial charge in [-0.2, -0.15) is 0 Å². The van der Waals surface area contributed by atoms with Gasteiger partial charge in [-0.1, -0.05) is 0 Å². The molecule has 3 aromatic rings. The zero-order valence-electron chi connectivity index (χ0n) is 16.2. The van der Waals surface area contributed by atoms with E-state index in [-0.39, 0.29) is 17.9 Å². The number of ether oxygens (including phenoxy) is 1. The van der Waals surface area contributed by atoms with Gasteiger partial charge < -0.3 is 13.9 Å². The average Bonchev–Trinajstić information content (AvgIpc) is 2.93. The van der Waals surface area contributed by atoms with Crippen molar-refractivity contribution >= 4 is 5.78 Å². The monoisotopic (exact) mass is 364 g/mol. The molecule has 0 N–H and O–H groups in total. The second-order valence-electron chi connectivity index (χ2n) is 6.64. The molecule has 0 aliphatic rings. The molecule has 1 aromatic carbocycles. The van der Waals surface area contributed by atoms with E-state index in [9.17, 15) is 9.59 Å². The largest absolute Gasteiger partial charge is 0.494 e. The maximum absolute atomic E-state index is 12.8. The van der Waals surface area contributed by atoms with Gasteiger partial charge in [-0.3, -0.25) is 9.59 Å². The number of aromatic nitrogens is 2. The number of ketones is 1. The minimum Gasteiger partial charge on any atom is -0.494 e. The van der Waals surface area contributed by atoms with Crippen LogP contribution in [0, 0.1) is 20.8 Å². The van der Waals surface area contributed by atoms with Crippen molar-refractivity contribution in [1.29, 1.82) is 0 Å². The summed E-state index contributed by atoms with van der Waals surface area (Å²) in [5.41, 5.74) is 4.16. The van der Waals surface area contributed by atoms with Crippen molar-refractivity contribution in [3.8, 4) is 11.4 Å². The van der Waals surface area contributed by atoms with Crippen molar-refractivity contribution in [3.63, 3.8) is 0 Å². The van der Waals surface area contributed by atoms with Gasteiger partial charge in [-0.05, 0) is 69.7 Å². The molecule has 5 nitrogen and oxygen atoms in total. The van der Waals surface area contributed by atoms with E-state index in [1.54, 1.807) is 6.20 Å². The zero-order valence-corrected chi connectivity index (χ0v) is 16.2. The number of rotatable bonds is 6. The van der Waals surface area contributed by atoms with Crippen LogP contribution in [0.15, 0.2) is 53.5 Å². The van der Waals surface area contributed by atoms with Gasteiger partial charge in [0.05, 0.1) is 13.2 Å². The highest BCUT2D eigenvalue weighted by atomic mass is 16.5. The van der Waals surface area contributed by atoms with E-state index in [4.69, 9.17) is 4.74 Å². The van der Waals surface area contributed by atoms with Crippen molar-refractivity contribution in [3.05, 3.63) is 81.5 Å². The normalized spacial score (nSPS) is 10.8. The Kier molecular flexibility index (Phi) is 5.31. The fourth-order valence-corrected chi connectivity index (χ4v) is 3.28. The van der Waals surface area contributed by atoms with Gasteiger partial charge in [0, 0.05) is 34.9 Å². The molecule has 0 atom stereocenters. The SMILES string of the molecule is CCOc1ccc(-n2c(C)cc(C(=O)Cn3ccc(C)cc3=O)c2C)cc1. The first-order chi connectivity index (χ1) is 12.9. The molecule has 3 rings (SSSR count). The maximum atomic E-state index is 12.8. The van der Waals surface area contributed by atoms with E-state index in [1.807, 2.05) is 68.7 Å². The summed E-state index contributed by atoms with van der Waals surface area (Å²) in [6.07, 6.45) is 1.67. The van der Waals surface area contributed by atoms with Crippen LogP contribution in [0.3, 0.4) is 0 Å². The van der Waals surface area contributed by atoms with Crippen LogP contribution in [0.2, 0.25) is 0 Å². The van der Waals surface area contributed by atoms with Gasteiger partial charge in [0.2, 0.25) is 0 Å². The van der Waals surface area contributed by atoms with E-state index in [0.29, 0.717) is 12.2 Å². The van der Waals surface area contributed by atoms with Gasteiger partial charge in [-0.25, -0.2) is 0 Å². The number of aryl methyl sites for hydroxylation is 2. The number of carbonyl (C=O) groups is 1. The van der Waals surface area contributed by atoms with Crippen LogP contribution < -0.4 is 10.3 Å². The van der Waals surface area contributed by atoms with Gasteiger partial charge in [-0.15, -0.1) is 0 Å². The molecule has 0 radical (unpaired) electrons. The van der Waals surface area contributed by atoms with Gasteiger partial charge in [0.25, 0.3) is 5.56 Å². The van der Waals surface area contributed by atoms with Gasteiger partial charge in [0.15, 0.2) is 5.78 Å². The lowest BCUT2D eigenvalue weighted by Crippen LogP contribution is -2.23. The highest BCUT2D eigenvalue weighted by Gasteiger charge is 2.17. The van der Waals surface area contributed by atoms with E-state index in [2.05, 4.69) is 0 Å². The highest BCUT2D eigenvalue weighted by molar-refractivity contribution is 5.97. The van der Waals surface area contributed by atoms with Crippen LogP contribution in [0.5, 0.6) is 5.75 Å². The summed E-state index contributed by atoms with van der Waals surface area (Å²) in [5, 5.41) is 0. The lowest BCUT2D eigenvalue weighted by molar-refractivity contribution is 0.0970. The zero-order chi connectivity index (χ0) is 19.6. The van der Waals surface area contributed by atoms with Crippen molar-refractivity contribution in [2.75, 3.05) is 6.61 Å². The van der Waals surface area contributed by atoms with Crippen molar-refractivity contribution in [2.24, 2.45) is 0 Å². The smallest absolute Gasteiger partial charge is 0.251 e. The molecule has 0 aliphatic carbocycles. The summed E-state index contributed by atoms with van der Waals surface area (Å²) in [7, 11) is 0. The first kappa shape index (κ1) is 18.7. The molecule has 0 saturated carbocycles. The molecule has 0 spiro atoms. The molecule has 0 amide bonds. The molecule has 5 heteroatoms. The predicted octanol–water partition coefficient (Wildman–Crippen LogP) is 3.85. The molecular weight excluding hydrogens is 340 g/mol. The molecule has 2 heterocycles. The van der Waals surface area contributed by atoms with Crippen LogP contribution in [0.1, 0.15) is 34.2 Å². The van der Waals surface area contributed by atoms with Crippen LogP contribution >= 0.6 is 0 Å². The third-order valence-electron chi connectivity index (χ3n) is 4.60. The number of hydrogen-bond donors (Lipinski definition) is 0. The molecule has 2 aromatic heterocycles. The summed E-state index contributed by atoms with van der Waals surface area (Å²) in [6, 6.07) is 13.0. The Balaban J connectivity index is 1.90. The Morgan fingerprint density at radius 3 is 2.37 bits per heavy atom. The fourth-order valence-electron chi connectivity index (χ4n) is 3.28. The van der Waals surface area contributed by atoms with Crippen molar-refractivity contribution in [1.82, 2.24) is 9.13 Å². The molecule has 0 bridgehead atoms. The van der Waals surface area contributed by atoms with Crippen LogP contribution in [-0.2, 0) is 6.54 Å². The van der Waals surface area contributed by atoms with Crippen LogP contribution in [0.4, 0.5) is 0 Å². The first-order valence-electron chi connectivity index (χ1n) is 9.03. The Hall–Kier alpha value is -3.08. The standard InChI is InChI=1S/C22H24N2O3/c1-5-27-19-8-6-18(7-9-19)24-16(3)13-20(17(24)4)21(25)14-23-11-10-15(2)12-22(23)26/h6-13H,5,14H2,1-4H3. The molecular formula is C22H24N2O3. The number of pyridine rings is 1. The second kappa shape index (κ2) is 7.66. The van der Waals surface area contributed by atoms with Gasteiger partial charge in [0.1, 0.15) is 5.75 Å². The minimum atomic E-state index is -0.163. The predicted molar refractivity (Wildman–Crippen MR) is 106 cm³/mol. The Bertz CT molecular complexity index is 1030. The molecule has 0 fully saturated rings. The number of hydrogen-bond acceptors (Lipinski definition) is 3. The summed E-state index contributed by atoms with van der Waals surface area (Å²) in [5.74, 6) is 0.741. The third kappa shape index (κ3) is 3.87. The highest BCUT2D eigenvalue weighted by Crippen LogP contribution is 2.23. The van der Waals surface area contributed by atoms with Crippen LogP contribution in [0.25, 0.3) is 5.69 Å². The van der Waals surface area contributed by atoms with E-state index in [0.717, 1.165) is 28.4 Å². The topological polar surface area (TPSA) is 53.2 Å².